The molecule has 0 saturated heterocycles. The highest BCUT2D eigenvalue weighted by Gasteiger charge is 2.28. The number of nitrogens with zero attached hydrogens (tertiary/aromatic N) is 1. The summed E-state index contributed by atoms with van der Waals surface area (Å²) in [5.74, 6) is -0.198. The number of hydrogen-bond donors (Lipinski definition) is 1. The van der Waals surface area contributed by atoms with Gasteiger partial charge in [-0.15, -0.1) is 0 Å². The molecule has 158 valence electrons. The van der Waals surface area contributed by atoms with Gasteiger partial charge in [0.25, 0.3) is 0 Å². The summed E-state index contributed by atoms with van der Waals surface area (Å²) in [4.78, 5) is 14.2. The third-order valence-electron chi connectivity index (χ3n) is 5.22. The van der Waals surface area contributed by atoms with E-state index in [4.69, 9.17) is 27.6 Å². The summed E-state index contributed by atoms with van der Waals surface area (Å²) in [6.07, 6.45) is 0.363. The first-order chi connectivity index (χ1) is 15.0. The van der Waals surface area contributed by atoms with Gasteiger partial charge in [-0.2, -0.15) is 0 Å². The monoisotopic (exact) mass is 453 g/mol. The summed E-state index contributed by atoms with van der Waals surface area (Å²) in [5.41, 5.74) is 2.53. The van der Waals surface area contributed by atoms with Gasteiger partial charge in [0, 0.05) is 22.0 Å². The van der Waals surface area contributed by atoms with Crippen LogP contribution in [0.15, 0.2) is 83.3 Å². The number of carbonyl (C=O) groups is 1. The van der Waals surface area contributed by atoms with Crippen molar-refractivity contribution in [3.05, 3.63) is 106 Å². The molecule has 0 amide bonds. The molecule has 0 bridgehead atoms. The number of halogens is 2. The van der Waals surface area contributed by atoms with E-state index in [0.29, 0.717) is 35.3 Å². The van der Waals surface area contributed by atoms with Crippen LogP contribution in [0.4, 0.5) is 0 Å². The fourth-order valence-electron chi connectivity index (χ4n) is 3.67. The molecule has 0 spiro atoms. The molecule has 31 heavy (non-hydrogen) atoms. The van der Waals surface area contributed by atoms with E-state index in [9.17, 15) is 9.90 Å². The lowest BCUT2D eigenvalue weighted by Crippen LogP contribution is -2.42. The highest BCUT2D eigenvalue weighted by Crippen LogP contribution is 2.26. The maximum atomic E-state index is 12.3. The van der Waals surface area contributed by atoms with Gasteiger partial charge < -0.3 is 9.52 Å². The molecule has 1 heterocycles. The van der Waals surface area contributed by atoms with Gasteiger partial charge in [0.05, 0.1) is 6.54 Å². The van der Waals surface area contributed by atoms with E-state index in [0.717, 1.165) is 22.1 Å². The Labute approximate surface area is 190 Å². The number of benzene rings is 3. The fourth-order valence-corrected chi connectivity index (χ4v) is 4.14. The van der Waals surface area contributed by atoms with E-state index in [2.05, 4.69) is 0 Å². The molecule has 1 aromatic heterocycles. The van der Waals surface area contributed by atoms with Gasteiger partial charge in [-0.3, -0.25) is 9.69 Å². The lowest BCUT2D eigenvalue weighted by atomic mass is 10.0. The van der Waals surface area contributed by atoms with Gasteiger partial charge >= 0.3 is 5.97 Å². The summed E-state index contributed by atoms with van der Waals surface area (Å²) >= 11 is 12.4. The second-order valence-electron chi connectivity index (χ2n) is 7.44. The molecule has 4 nitrogen and oxygen atoms in total. The topological polar surface area (TPSA) is 53.7 Å². The second kappa shape index (κ2) is 9.56. The van der Waals surface area contributed by atoms with E-state index in [1.807, 2.05) is 71.6 Å². The highest BCUT2D eigenvalue weighted by molar-refractivity contribution is 6.35. The minimum absolute atomic E-state index is 0.331. The zero-order valence-corrected chi connectivity index (χ0v) is 18.2. The first kappa shape index (κ1) is 21.4. The molecule has 4 rings (SSSR count). The average molecular weight is 454 g/mol. The first-order valence-corrected chi connectivity index (χ1v) is 10.7. The van der Waals surface area contributed by atoms with Crippen LogP contribution in [-0.4, -0.2) is 22.0 Å². The molecule has 0 aliphatic carbocycles. The number of carboxylic acids is 1. The molecule has 0 saturated carbocycles. The average Bonchev–Trinajstić information content (AvgIpc) is 3.16. The minimum atomic E-state index is -0.898. The van der Waals surface area contributed by atoms with Crippen LogP contribution in [-0.2, 0) is 24.3 Å². The van der Waals surface area contributed by atoms with E-state index >= 15 is 0 Å². The molecular formula is C25H21Cl2NO3. The van der Waals surface area contributed by atoms with E-state index < -0.39 is 12.0 Å². The van der Waals surface area contributed by atoms with Gasteiger partial charge in [-0.25, -0.2) is 0 Å². The van der Waals surface area contributed by atoms with E-state index in [-0.39, 0.29) is 0 Å². The highest BCUT2D eigenvalue weighted by atomic mass is 35.5. The van der Waals surface area contributed by atoms with Crippen molar-refractivity contribution < 1.29 is 14.3 Å². The molecule has 0 aliphatic rings. The molecular weight excluding hydrogens is 433 g/mol. The van der Waals surface area contributed by atoms with Crippen molar-refractivity contribution >= 4 is 40.1 Å². The third kappa shape index (κ3) is 5.28. The molecule has 0 fully saturated rings. The number of fused-ring (bicyclic) bond motifs is 1. The maximum Gasteiger partial charge on any atom is 0.321 e. The second-order valence-corrected chi connectivity index (χ2v) is 8.28. The molecule has 0 unspecified atom stereocenters. The zero-order valence-electron chi connectivity index (χ0n) is 16.7. The number of para-hydroxylation sites is 1. The van der Waals surface area contributed by atoms with Crippen LogP contribution in [0.3, 0.4) is 0 Å². The Kier molecular flexibility index (Phi) is 6.62. The molecule has 6 heteroatoms. The van der Waals surface area contributed by atoms with Crippen LogP contribution in [0.2, 0.25) is 10.0 Å². The van der Waals surface area contributed by atoms with Crippen molar-refractivity contribution in [2.24, 2.45) is 0 Å². The zero-order chi connectivity index (χ0) is 21.8. The summed E-state index contributed by atoms with van der Waals surface area (Å²) in [7, 11) is 0. The Balaban J connectivity index is 1.68. The largest absolute Gasteiger partial charge is 0.480 e. The number of rotatable bonds is 8. The maximum absolute atomic E-state index is 12.3. The van der Waals surface area contributed by atoms with Crippen molar-refractivity contribution in [3.8, 4) is 0 Å². The predicted molar refractivity (Wildman–Crippen MR) is 123 cm³/mol. The smallest absolute Gasteiger partial charge is 0.321 e. The normalized spacial score (nSPS) is 12.4. The number of furan rings is 1. The molecule has 0 aliphatic heterocycles. The summed E-state index contributed by atoms with van der Waals surface area (Å²) in [6, 6.07) is 23.8. The Morgan fingerprint density at radius 3 is 2.39 bits per heavy atom. The minimum Gasteiger partial charge on any atom is -0.480 e. The molecule has 4 aromatic rings. The van der Waals surface area contributed by atoms with Gasteiger partial charge in [-0.1, -0.05) is 77.8 Å². The van der Waals surface area contributed by atoms with Crippen LogP contribution >= 0.6 is 23.2 Å². The Hall–Kier alpha value is -2.79. The Bertz CT molecular complexity index is 1160. The Morgan fingerprint density at radius 2 is 1.68 bits per heavy atom. The van der Waals surface area contributed by atoms with Gasteiger partial charge in [0.15, 0.2) is 0 Å². The number of carboxylic acid groups (broad SMARTS) is 1. The number of aliphatic carboxylic acids is 1. The van der Waals surface area contributed by atoms with Crippen LogP contribution in [0.1, 0.15) is 16.9 Å². The van der Waals surface area contributed by atoms with Crippen molar-refractivity contribution in [3.63, 3.8) is 0 Å². The number of hydrogen-bond acceptors (Lipinski definition) is 3. The van der Waals surface area contributed by atoms with Crippen molar-refractivity contribution in [1.29, 1.82) is 0 Å². The Morgan fingerprint density at radius 1 is 0.935 bits per heavy atom. The summed E-state index contributed by atoms with van der Waals surface area (Å²) < 4.78 is 5.98. The molecule has 0 radical (unpaired) electrons. The molecule has 3 aromatic carbocycles. The SMILES string of the molecule is O=C(O)[C@H](Cc1ccccc1)N(Cc1cc2ccccc2o1)Cc1ccc(Cl)cc1Cl. The van der Waals surface area contributed by atoms with Crippen LogP contribution in [0, 0.1) is 0 Å². The standard InChI is InChI=1S/C25H21Cl2NO3/c26-20-11-10-19(22(27)14-20)15-28(16-21-13-18-8-4-5-9-24(18)31-21)23(25(29)30)12-17-6-2-1-3-7-17/h1-11,13-14,23H,12,15-16H2,(H,29,30)/t23-/m0/s1. The van der Waals surface area contributed by atoms with Crippen molar-refractivity contribution in [2.45, 2.75) is 25.6 Å². The summed E-state index contributed by atoms with van der Waals surface area (Å²) in [6.45, 7) is 0.675. The molecule has 1 atom stereocenters. The third-order valence-corrected chi connectivity index (χ3v) is 5.81. The lowest BCUT2D eigenvalue weighted by molar-refractivity contribution is -0.143. The quantitative estimate of drug-likeness (QED) is 0.333. The van der Waals surface area contributed by atoms with Gasteiger partial charge in [-0.05, 0) is 41.8 Å². The first-order valence-electron chi connectivity index (χ1n) is 9.92. The fraction of sp³-hybridized carbons (Fsp3) is 0.160. The van der Waals surface area contributed by atoms with Crippen LogP contribution < -0.4 is 0 Å². The van der Waals surface area contributed by atoms with E-state index in [1.165, 1.54) is 0 Å². The van der Waals surface area contributed by atoms with Crippen LogP contribution in [0.5, 0.6) is 0 Å². The van der Waals surface area contributed by atoms with Crippen molar-refractivity contribution in [2.75, 3.05) is 0 Å². The molecule has 1 N–H and O–H groups in total. The predicted octanol–water partition coefficient (Wildman–Crippen LogP) is 6.44. The van der Waals surface area contributed by atoms with Crippen molar-refractivity contribution in [1.82, 2.24) is 4.90 Å². The van der Waals surface area contributed by atoms with Gasteiger partial charge in [0.1, 0.15) is 17.4 Å². The summed E-state index contributed by atoms with van der Waals surface area (Å²) in [5, 5.41) is 12.1. The van der Waals surface area contributed by atoms with E-state index in [1.54, 1.807) is 12.1 Å². The van der Waals surface area contributed by atoms with Gasteiger partial charge in [0.2, 0.25) is 0 Å². The van der Waals surface area contributed by atoms with Crippen LogP contribution in [0.25, 0.3) is 11.0 Å². The lowest BCUT2D eigenvalue weighted by Gasteiger charge is -2.28.